The zero-order chi connectivity index (χ0) is 19.7. The van der Waals surface area contributed by atoms with E-state index in [1.54, 1.807) is 18.3 Å². The lowest BCUT2D eigenvalue weighted by Crippen LogP contribution is -2.35. The van der Waals surface area contributed by atoms with E-state index in [4.69, 9.17) is 4.98 Å². The van der Waals surface area contributed by atoms with Crippen molar-refractivity contribution in [2.75, 3.05) is 19.6 Å². The van der Waals surface area contributed by atoms with Gasteiger partial charge in [0.1, 0.15) is 5.82 Å². The fraction of sp³-hybridized carbons (Fsp3) is 0.524. The number of hydrogen-bond acceptors (Lipinski definition) is 5. The molecule has 4 rings (SSSR count). The maximum atomic E-state index is 12.8. The van der Waals surface area contributed by atoms with Gasteiger partial charge in [-0.2, -0.15) is 0 Å². The van der Waals surface area contributed by atoms with E-state index in [-0.39, 0.29) is 17.7 Å². The SMILES string of the molecule is CCCc1cc(C(=O)N2CC[C@H](c3ncc4c(n3)CCN(C(C)=O)C4)C2)cs1. The minimum Gasteiger partial charge on any atom is -0.338 e. The lowest BCUT2D eigenvalue weighted by molar-refractivity contribution is -0.129. The molecule has 0 aromatic carbocycles. The Labute approximate surface area is 169 Å². The largest absolute Gasteiger partial charge is 0.338 e. The lowest BCUT2D eigenvalue weighted by atomic mass is 10.0. The number of aromatic nitrogens is 2. The van der Waals surface area contributed by atoms with Crippen LogP contribution >= 0.6 is 11.3 Å². The number of fused-ring (bicyclic) bond motifs is 1. The van der Waals surface area contributed by atoms with Gasteiger partial charge in [0.25, 0.3) is 5.91 Å². The topological polar surface area (TPSA) is 66.4 Å². The predicted molar refractivity (Wildman–Crippen MR) is 108 cm³/mol. The van der Waals surface area contributed by atoms with E-state index in [9.17, 15) is 9.59 Å². The monoisotopic (exact) mass is 398 g/mol. The summed E-state index contributed by atoms with van der Waals surface area (Å²) in [6.07, 6.45) is 5.67. The summed E-state index contributed by atoms with van der Waals surface area (Å²) in [5, 5.41) is 1.98. The molecule has 0 bridgehead atoms. The molecule has 2 amide bonds. The normalized spacial score (nSPS) is 19.0. The zero-order valence-corrected chi connectivity index (χ0v) is 17.3. The third kappa shape index (κ3) is 3.81. The highest BCUT2D eigenvalue weighted by Crippen LogP contribution is 2.28. The van der Waals surface area contributed by atoms with Crippen LogP contribution in [0.4, 0.5) is 0 Å². The van der Waals surface area contributed by atoms with Crippen LogP contribution in [0.3, 0.4) is 0 Å². The first-order valence-corrected chi connectivity index (χ1v) is 10.9. The number of aryl methyl sites for hydroxylation is 1. The molecule has 0 unspecified atom stereocenters. The number of nitrogens with zero attached hydrogens (tertiary/aromatic N) is 4. The van der Waals surface area contributed by atoms with Crippen LogP contribution in [0.15, 0.2) is 17.6 Å². The van der Waals surface area contributed by atoms with Crippen molar-refractivity contribution in [2.24, 2.45) is 0 Å². The van der Waals surface area contributed by atoms with Crippen LogP contribution in [0.5, 0.6) is 0 Å². The third-order valence-electron chi connectivity index (χ3n) is 5.64. The fourth-order valence-electron chi connectivity index (χ4n) is 4.01. The van der Waals surface area contributed by atoms with E-state index in [1.807, 2.05) is 27.4 Å². The van der Waals surface area contributed by atoms with E-state index in [2.05, 4.69) is 11.9 Å². The van der Waals surface area contributed by atoms with E-state index >= 15 is 0 Å². The number of thiophene rings is 1. The molecule has 1 atom stereocenters. The second-order valence-corrected chi connectivity index (χ2v) is 8.67. The molecule has 6 nitrogen and oxygen atoms in total. The Morgan fingerprint density at radius 2 is 2.14 bits per heavy atom. The van der Waals surface area contributed by atoms with Gasteiger partial charge in [-0.1, -0.05) is 13.3 Å². The number of carbonyl (C=O) groups excluding carboxylic acids is 2. The van der Waals surface area contributed by atoms with Gasteiger partial charge in [0.15, 0.2) is 0 Å². The molecule has 2 aliphatic heterocycles. The van der Waals surface area contributed by atoms with Gasteiger partial charge in [-0.15, -0.1) is 11.3 Å². The third-order valence-corrected chi connectivity index (χ3v) is 6.63. The van der Waals surface area contributed by atoms with E-state index in [0.717, 1.165) is 54.9 Å². The van der Waals surface area contributed by atoms with Gasteiger partial charge in [0.2, 0.25) is 5.91 Å². The summed E-state index contributed by atoms with van der Waals surface area (Å²) in [5.74, 6) is 1.24. The fourth-order valence-corrected chi connectivity index (χ4v) is 4.97. The number of likely N-dealkylation sites (tertiary alicyclic amines) is 1. The lowest BCUT2D eigenvalue weighted by Gasteiger charge is -2.27. The van der Waals surface area contributed by atoms with Crippen molar-refractivity contribution in [2.45, 2.75) is 52.0 Å². The van der Waals surface area contributed by atoms with Crippen molar-refractivity contribution >= 4 is 23.2 Å². The van der Waals surface area contributed by atoms with Crippen LogP contribution in [0.25, 0.3) is 0 Å². The Hall–Kier alpha value is -2.28. The molecular formula is C21H26N4O2S. The first-order chi connectivity index (χ1) is 13.5. The number of rotatable bonds is 4. The van der Waals surface area contributed by atoms with Crippen LogP contribution < -0.4 is 0 Å². The molecule has 1 fully saturated rings. The summed E-state index contributed by atoms with van der Waals surface area (Å²) >= 11 is 1.68. The van der Waals surface area contributed by atoms with Crippen LogP contribution in [0.2, 0.25) is 0 Å². The predicted octanol–water partition coefficient (Wildman–Crippen LogP) is 3.02. The van der Waals surface area contributed by atoms with Gasteiger partial charge < -0.3 is 9.80 Å². The quantitative estimate of drug-likeness (QED) is 0.794. The maximum Gasteiger partial charge on any atom is 0.254 e. The average Bonchev–Trinajstić information content (AvgIpc) is 3.37. The minimum atomic E-state index is 0.0928. The molecular weight excluding hydrogens is 372 g/mol. The standard InChI is InChI=1S/C21H26N4O2S/c1-3-4-18-9-16(13-28-18)21(27)25-7-5-15(11-25)20-22-10-17-12-24(14(2)26)8-6-19(17)23-20/h9-10,13,15H,3-8,11-12H2,1-2H3/t15-/m0/s1. The zero-order valence-electron chi connectivity index (χ0n) is 16.5. The molecule has 28 heavy (non-hydrogen) atoms. The van der Waals surface area contributed by atoms with Gasteiger partial charge in [0, 0.05) is 67.5 Å². The molecule has 0 saturated carbocycles. The summed E-state index contributed by atoms with van der Waals surface area (Å²) in [4.78, 5) is 38.8. The van der Waals surface area contributed by atoms with Crippen LogP contribution in [0, 0.1) is 0 Å². The Kier molecular flexibility index (Phi) is 5.44. The first-order valence-electron chi connectivity index (χ1n) is 10.0. The highest BCUT2D eigenvalue weighted by atomic mass is 32.1. The molecule has 2 aliphatic rings. The Bertz CT molecular complexity index is 894. The van der Waals surface area contributed by atoms with Gasteiger partial charge >= 0.3 is 0 Å². The highest BCUT2D eigenvalue weighted by molar-refractivity contribution is 7.10. The first kappa shape index (κ1) is 19.1. The van der Waals surface area contributed by atoms with Gasteiger partial charge in [-0.05, 0) is 18.9 Å². The van der Waals surface area contributed by atoms with Crippen LogP contribution in [-0.4, -0.2) is 51.2 Å². The summed E-state index contributed by atoms with van der Waals surface area (Å²) in [7, 11) is 0. The average molecular weight is 399 g/mol. The van der Waals surface area contributed by atoms with E-state index < -0.39 is 0 Å². The Morgan fingerprint density at radius 1 is 1.29 bits per heavy atom. The van der Waals surface area contributed by atoms with Crippen molar-refractivity contribution in [1.82, 2.24) is 19.8 Å². The van der Waals surface area contributed by atoms with Crippen molar-refractivity contribution in [3.8, 4) is 0 Å². The number of carbonyl (C=O) groups is 2. The minimum absolute atomic E-state index is 0.0928. The van der Waals surface area contributed by atoms with Crippen molar-refractivity contribution in [3.05, 3.63) is 45.2 Å². The summed E-state index contributed by atoms with van der Waals surface area (Å²) in [5.41, 5.74) is 2.90. The second-order valence-electron chi connectivity index (χ2n) is 7.68. The summed E-state index contributed by atoms with van der Waals surface area (Å²) in [6, 6.07) is 2.04. The number of amides is 2. The van der Waals surface area contributed by atoms with Crippen molar-refractivity contribution in [1.29, 1.82) is 0 Å². The highest BCUT2D eigenvalue weighted by Gasteiger charge is 2.31. The van der Waals surface area contributed by atoms with Crippen molar-refractivity contribution < 1.29 is 9.59 Å². The van der Waals surface area contributed by atoms with Gasteiger partial charge in [-0.3, -0.25) is 9.59 Å². The molecule has 148 valence electrons. The Balaban J connectivity index is 1.43. The summed E-state index contributed by atoms with van der Waals surface area (Å²) < 4.78 is 0. The molecule has 0 aliphatic carbocycles. The molecule has 0 radical (unpaired) electrons. The molecule has 2 aromatic heterocycles. The van der Waals surface area contributed by atoms with E-state index in [1.165, 1.54) is 4.88 Å². The molecule has 4 heterocycles. The van der Waals surface area contributed by atoms with Crippen molar-refractivity contribution in [3.63, 3.8) is 0 Å². The molecule has 1 saturated heterocycles. The van der Waals surface area contributed by atoms with Gasteiger partial charge in [0.05, 0.1) is 11.3 Å². The van der Waals surface area contributed by atoms with Gasteiger partial charge in [-0.25, -0.2) is 9.97 Å². The molecule has 0 spiro atoms. The second kappa shape index (κ2) is 7.99. The van der Waals surface area contributed by atoms with E-state index in [0.29, 0.717) is 19.6 Å². The number of hydrogen-bond donors (Lipinski definition) is 0. The smallest absolute Gasteiger partial charge is 0.254 e. The van der Waals surface area contributed by atoms with Crippen LogP contribution in [0.1, 0.15) is 64.9 Å². The summed E-state index contributed by atoms with van der Waals surface area (Å²) in [6.45, 7) is 6.49. The Morgan fingerprint density at radius 3 is 2.93 bits per heavy atom. The molecule has 2 aromatic rings. The maximum absolute atomic E-state index is 12.8. The van der Waals surface area contributed by atoms with Crippen LogP contribution in [-0.2, 0) is 24.2 Å². The molecule has 7 heteroatoms. The molecule has 0 N–H and O–H groups in total.